The minimum atomic E-state index is -1.73. The fourth-order valence-corrected chi connectivity index (χ4v) is 2.51. The average Bonchev–Trinajstić information content (AvgIpc) is 2.66. The lowest BCUT2D eigenvalue weighted by molar-refractivity contribution is -0.147. The Balaban J connectivity index is 5.33. The van der Waals surface area contributed by atoms with Crippen LogP contribution in [0.3, 0.4) is 0 Å². The van der Waals surface area contributed by atoms with Crippen LogP contribution < -0.4 is 27.4 Å². The molecule has 0 aliphatic carbocycles. The summed E-state index contributed by atoms with van der Waals surface area (Å²) in [5.74, 6) is -7.04. The van der Waals surface area contributed by atoms with E-state index in [0.29, 0.717) is 0 Å². The van der Waals surface area contributed by atoms with E-state index in [0.717, 1.165) is 0 Å². The molecule has 0 aliphatic rings. The third-order valence-corrected chi connectivity index (χ3v) is 4.34. The van der Waals surface area contributed by atoms with Gasteiger partial charge in [-0.3, -0.25) is 24.0 Å². The number of carbonyl (C=O) groups is 6. The lowest BCUT2D eigenvalue weighted by Gasteiger charge is -2.28. The summed E-state index contributed by atoms with van der Waals surface area (Å²) in [5, 5.41) is 34.3. The number of carboxylic acids is 2. The number of aliphatic hydroxyl groups is 1. The Hall–Kier alpha value is -3.26. The first-order valence-electron chi connectivity index (χ1n) is 9.75. The summed E-state index contributed by atoms with van der Waals surface area (Å²) in [6.07, 6.45) is -2.55. The predicted molar refractivity (Wildman–Crippen MR) is 109 cm³/mol. The number of carbonyl (C=O) groups excluding carboxylic acids is 4. The van der Waals surface area contributed by atoms with Gasteiger partial charge in [0.1, 0.15) is 18.1 Å². The average molecular weight is 461 g/mol. The van der Waals surface area contributed by atoms with E-state index in [9.17, 15) is 33.9 Å². The van der Waals surface area contributed by atoms with Crippen LogP contribution in [-0.4, -0.2) is 81.2 Å². The lowest BCUT2D eigenvalue weighted by Crippen LogP contribution is -2.60. The van der Waals surface area contributed by atoms with Crippen molar-refractivity contribution in [2.45, 2.75) is 70.3 Å². The van der Waals surface area contributed by atoms with Gasteiger partial charge in [-0.2, -0.15) is 0 Å². The Morgan fingerprint density at radius 1 is 0.844 bits per heavy atom. The van der Waals surface area contributed by atoms with E-state index in [1.54, 1.807) is 0 Å². The van der Waals surface area contributed by atoms with Crippen molar-refractivity contribution in [1.82, 2.24) is 16.0 Å². The molecule has 0 aromatic rings. The number of nitrogens with one attached hydrogen (secondary N) is 3. The zero-order valence-electron chi connectivity index (χ0n) is 18.0. The van der Waals surface area contributed by atoms with Gasteiger partial charge < -0.3 is 42.7 Å². The minimum Gasteiger partial charge on any atom is -0.481 e. The standard InChI is InChI=1S/C18H31N5O9/c1-7(2)13(16(29)21-10(18(31)32)6-12(26)27)22-17(30)14(8(3)24)23-15(28)9(19)4-5-11(20)25/h7-10,13-14,24H,4-6,19H2,1-3H3,(H2,20,25)(H,21,29)(H,22,30)(H,23,28)(H,26,27)(H,31,32). The first kappa shape index (κ1) is 28.7. The number of hydrogen-bond donors (Lipinski definition) is 8. The zero-order valence-corrected chi connectivity index (χ0v) is 18.0. The summed E-state index contributed by atoms with van der Waals surface area (Å²) >= 11 is 0. The van der Waals surface area contributed by atoms with Gasteiger partial charge in [0.05, 0.1) is 18.6 Å². The van der Waals surface area contributed by atoms with Crippen LogP contribution in [0.15, 0.2) is 0 Å². The Morgan fingerprint density at radius 2 is 1.34 bits per heavy atom. The van der Waals surface area contributed by atoms with Crippen molar-refractivity contribution in [3.05, 3.63) is 0 Å². The summed E-state index contributed by atoms with van der Waals surface area (Å²) in [6.45, 7) is 4.28. The van der Waals surface area contributed by atoms with E-state index in [1.165, 1.54) is 20.8 Å². The van der Waals surface area contributed by atoms with Gasteiger partial charge in [0.15, 0.2) is 0 Å². The van der Waals surface area contributed by atoms with Gasteiger partial charge in [-0.1, -0.05) is 13.8 Å². The molecular weight excluding hydrogens is 430 g/mol. The fourth-order valence-electron chi connectivity index (χ4n) is 2.51. The van der Waals surface area contributed by atoms with Crippen LogP contribution in [0.4, 0.5) is 0 Å². The number of amides is 4. The quantitative estimate of drug-likeness (QED) is 0.127. The van der Waals surface area contributed by atoms with E-state index in [2.05, 4.69) is 10.6 Å². The third-order valence-electron chi connectivity index (χ3n) is 4.34. The molecule has 0 rings (SSSR count). The number of hydrogen-bond acceptors (Lipinski definition) is 8. The second-order valence-corrected chi connectivity index (χ2v) is 7.57. The van der Waals surface area contributed by atoms with Crippen molar-refractivity contribution in [1.29, 1.82) is 0 Å². The third kappa shape index (κ3) is 10.2. The largest absolute Gasteiger partial charge is 0.481 e. The van der Waals surface area contributed by atoms with Crippen molar-refractivity contribution in [3.63, 3.8) is 0 Å². The minimum absolute atomic E-state index is 0.0908. The summed E-state index contributed by atoms with van der Waals surface area (Å²) in [4.78, 5) is 70.1. The van der Waals surface area contributed by atoms with Crippen LogP contribution in [0.2, 0.25) is 0 Å². The number of rotatable bonds is 14. The maximum Gasteiger partial charge on any atom is 0.326 e. The molecule has 0 heterocycles. The monoisotopic (exact) mass is 461 g/mol. The van der Waals surface area contributed by atoms with Crippen LogP contribution in [0.5, 0.6) is 0 Å². The first-order chi connectivity index (χ1) is 14.7. The highest BCUT2D eigenvalue weighted by Crippen LogP contribution is 2.06. The lowest BCUT2D eigenvalue weighted by atomic mass is 10.0. The normalized spacial score (nSPS) is 15.6. The van der Waals surface area contributed by atoms with Crippen molar-refractivity contribution in [3.8, 4) is 0 Å². The zero-order chi connectivity index (χ0) is 25.2. The van der Waals surface area contributed by atoms with Crippen molar-refractivity contribution >= 4 is 35.6 Å². The predicted octanol–water partition coefficient (Wildman–Crippen LogP) is -3.37. The number of carboxylic acid groups (broad SMARTS) is 2. The molecule has 0 aromatic carbocycles. The summed E-state index contributed by atoms with van der Waals surface area (Å²) in [6, 6.07) is -5.74. The van der Waals surface area contributed by atoms with Crippen molar-refractivity contribution in [2.24, 2.45) is 17.4 Å². The van der Waals surface area contributed by atoms with E-state index in [1.807, 2.05) is 5.32 Å². The van der Waals surface area contributed by atoms with Crippen LogP contribution >= 0.6 is 0 Å². The maximum absolute atomic E-state index is 12.6. The molecule has 182 valence electrons. The molecule has 5 atom stereocenters. The van der Waals surface area contributed by atoms with E-state index >= 15 is 0 Å². The molecule has 0 radical (unpaired) electrons. The highest BCUT2D eigenvalue weighted by Gasteiger charge is 2.34. The van der Waals surface area contributed by atoms with E-state index in [4.69, 9.17) is 21.7 Å². The van der Waals surface area contributed by atoms with E-state index in [-0.39, 0.29) is 12.8 Å². The van der Waals surface area contributed by atoms with Crippen molar-refractivity contribution < 1.29 is 44.1 Å². The molecule has 14 nitrogen and oxygen atoms in total. The SMILES string of the molecule is CC(C)C(NC(=O)C(NC(=O)C(N)CCC(N)=O)C(C)O)C(=O)NC(CC(=O)O)C(=O)O. The van der Waals surface area contributed by atoms with E-state index < -0.39 is 78.2 Å². The van der Waals surface area contributed by atoms with Crippen LogP contribution in [0, 0.1) is 5.92 Å². The van der Waals surface area contributed by atoms with Gasteiger partial charge in [0.25, 0.3) is 0 Å². The smallest absolute Gasteiger partial charge is 0.326 e. The topological polar surface area (TPSA) is 251 Å². The Morgan fingerprint density at radius 3 is 1.75 bits per heavy atom. The van der Waals surface area contributed by atoms with Gasteiger partial charge in [0.2, 0.25) is 23.6 Å². The Bertz CT molecular complexity index is 726. The molecule has 0 saturated heterocycles. The van der Waals surface area contributed by atoms with Crippen LogP contribution in [0.1, 0.15) is 40.0 Å². The van der Waals surface area contributed by atoms with Gasteiger partial charge in [-0.15, -0.1) is 0 Å². The fraction of sp³-hybridized carbons (Fsp3) is 0.667. The van der Waals surface area contributed by atoms with Gasteiger partial charge in [-0.25, -0.2) is 4.79 Å². The van der Waals surface area contributed by atoms with Crippen molar-refractivity contribution in [2.75, 3.05) is 0 Å². The molecule has 4 amide bonds. The number of aliphatic hydroxyl groups excluding tert-OH is 1. The molecular formula is C18H31N5O9. The first-order valence-corrected chi connectivity index (χ1v) is 9.75. The van der Waals surface area contributed by atoms with Gasteiger partial charge in [0, 0.05) is 6.42 Å². The molecule has 32 heavy (non-hydrogen) atoms. The van der Waals surface area contributed by atoms with Gasteiger partial charge in [-0.05, 0) is 19.3 Å². The van der Waals surface area contributed by atoms with Crippen LogP contribution in [0.25, 0.3) is 0 Å². The second kappa shape index (κ2) is 13.2. The second-order valence-electron chi connectivity index (χ2n) is 7.57. The summed E-state index contributed by atoms with van der Waals surface area (Å²) in [7, 11) is 0. The van der Waals surface area contributed by atoms with Crippen LogP contribution in [-0.2, 0) is 28.8 Å². The molecule has 14 heteroatoms. The summed E-state index contributed by atoms with van der Waals surface area (Å²) < 4.78 is 0. The Labute approximate surface area is 184 Å². The number of aliphatic carboxylic acids is 2. The molecule has 0 spiro atoms. The maximum atomic E-state index is 12.6. The molecule has 0 saturated carbocycles. The molecule has 10 N–H and O–H groups in total. The molecule has 0 aromatic heterocycles. The molecule has 0 bridgehead atoms. The highest BCUT2D eigenvalue weighted by molar-refractivity contribution is 5.95. The highest BCUT2D eigenvalue weighted by atomic mass is 16.4. The summed E-state index contributed by atoms with van der Waals surface area (Å²) in [5.41, 5.74) is 10.6. The van der Waals surface area contributed by atoms with Gasteiger partial charge >= 0.3 is 11.9 Å². The number of primary amides is 1. The molecule has 0 fully saturated rings. The number of nitrogens with two attached hydrogens (primary N) is 2. The molecule has 5 unspecified atom stereocenters. The molecule has 0 aliphatic heterocycles. The Kier molecular flexibility index (Phi) is 11.9.